The van der Waals surface area contributed by atoms with Gasteiger partial charge in [0, 0.05) is 12.5 Å². The Labute approximate surface area is 128 Å². The maximum Gasteiger partial charge on any atom is 0.237 e. The van der Waals surface area contributed by atoms with E-state index in [1.807, 2.05) is 0 Å². The zero-order valence-corrected chi connectivity index (χ0v) is 13.3. The van der Waals surface area contributed by atoms with Crippen LogP contribution in [0, 0.1) is 5.92 Å². The van der Waals surface area contributed by atoms with Gasteiger partial charge in [-0.2, -0.15) is 0 Å². The van der Waals surface area contributed by atoms with Gasteiger partial charge in [-0.1, -0.05) is 19.8 Å². The van der Waals surface area contributed by atoms with E-state index in [1.54, 1.807) is 0 Å². The first kappa shape index (κ1) is 15.3. The van der Waals surface area contributed by atoms with Crippen molar-refractivity contribution >= 4 is 5.91 Å². The minimum atomic E-state index is -0.510. The van der Waals surface area contributed by atoms with Gasteiger partial charge in [0.2, 0.25) is 5.91 Å². The van der Waals surface area contributed by atoms with Crippen LogP contribution in [0.3, 0.4) is 0 Å². The third-order valence-electron chi connectivity index (χ3n) is 5.51. The van der Waals surface area contributed by atoms with Crippen LogP contribution in [0.1, 0.15) is 71.1 Å². The van der Waals surface area contributed by atoms with Crippen molar-refractivity contribution in [2.75, 3.05) is 0 Å². The van der Waals surface area contributed by atoms with E-state index in [2.05, 4.69) is 12.2 Å². The molecule has 120 valence electrons. The Morgan fingerprint density at radius 3 is 2.57 bits per heavy atom. The molecule has 0 bridgehead atoms. The number of nitrogens with two attached hydrogens (primary N) is 1. The molecule has 3 saturated carbocycles. The molecule has 0 saturated heterocycles. The van der Waals surface area contributed by atoms with E-state index in [1.165, 1.54) is 38.5 Å². The standard InChI is InChI=1S/C17H30N2O2/c1-12-4-2-5-14(10-12)21-15-6-3-9-17(11-15,16(18)20)19-13-7-8-13/h12-15,19H,2-11H2,1H3,(H2,18,20). The molecule has 0 aromatic heterocycles. The fourth-order valence-corrected chi connectivity index (χ4v) is 4.16. The van der Waals surface area contributed by atoms with Gasteiger partial charge in [-0.05, 0) is 50.9 Å². The molecule has 0 aromatic rings. The molecular weight excluding hydrogens is 264 g/mol. The van der Waals surface area contributed by atoms with Gasteiger partial charge in [-0.25, -0.2) is 0 Å². The molecule has 4 atom stereocenters. The molecule has 3 N–H and O–H groups in total. The molecule has 21 heavy (non-hydrogen) atoms. The summed E-state index contributed by atoms with van der Waals surface area (Å²) in [5, 5.41) is 3.53. The van der Waals surface area contributed by atoms with Gasteiger partial charge in [-0.3, -0.25) is 4.79 Å². The van der Waals surface area contributed by atoms with Crippen LogP contribution in [0.15, 0.2) is 0 Å². The van der Waals surface area contributed by atoms with Crippen LogP contribution in [0.25, 0.3) is 0 Å². The quantitative estimate of drug-likeness (QED) is 0.819. The van der Waals surface area contributed by atoms with Gasteiger partial charge in [-0.15, -0.1) is 0 Å². The van der Waals surface area contributed by atoms with E-state index in [4.69, 9.17) is 10.5 Å². The van der Waals surface area contributed by atoms with Crippen LogP contribution in [0.2, 0.25) is 0 Å². The highest BCUT2D eigenvalue weighted by atomic mass is 16.5. The third-order valence-corrected chi connectivity index (χ3v) is 5.51. The monoisotopic (exact) mass is 294 g/mol. The molecule has 3 aliphatic carbocycles. The highest BCUT2D eigenvalue weighted by molar-refractivity contribution is 5.85. The average Bonchev–Trinajstić information content (AvgIpc) is 3.23. The summed E-state index contributed by atoms with van der Waals surface area (Å²) in [6.45, 7) is 2.32. The van der Waals surface area contributed by atoms with E-state index in [0.29, 0.717) is 12.1 Å². The molecule has 0 radical (unpaired) electrons. The number of rotatable bonds is 5. The smallest absolute Gasteiger partial charge is 0.237 e. The van der Waals surface area contributed by atoms with E-state index in [9.17, 15) is 4.79 Å². The number of amides is 1. The fourth-order valence-electron chi connectivity index (χ4n) is 4.16. The molecule has 4 nitrogen and oxygen atoms in total. The summed E-state index contributed by atoms with van der Waals surface area (Å²) >= 11 is 0. The minimum absolute atomic E-state index is 0.181. The summed E-state index contributed by atoms with van der Waals surface area (Å²) in [6, 6.07) is 0.506. The first-order chi connectivity index (χ1) is 10.1. The molecule has 0 aliphatic heterocycles. The van der Waals surface area contributed by atoms with Crippen molar-refractivity contribution in [3.63, 3.8) is 0 Å². The minimum Gasteiger partial charge on any atom is -0.375 e. The summed E-state index contributed by atoms with van der Waals surface area (Å²) in [6.07, 6.45) is 11.7. The number of primary amides is 1. The average molecular weight is 294 g/mol. The number of nitrogens with one attached hydrogen (secondary N) is 1. The van der Waals surface area contributed by atoms with Gasteiger partial charge in [0.05, 0.1) is 12.2 Å². The van der Waals surface area contributed by atoms with Crippen molar-refractivity contribution in [2.45, 2.75) is 94.9 Å². The lowest BCUT2D eigenvalue weighted by Crippen LogP contribution is -2.59. The van der Waals surface area contributed by atoms with Crippen LogP contribution in [0.4, 0.5) is 0 Å². The van der Waals surface area contributed by atoms with Crippen molar-refractivity contribution in [1.82, 2.24) is 5.32 Å². The van der Waals surface area contributed by atoms with Crippen molar-refractivity contribution in [1.29, 1.82) is 0 Å². The summed E-state index contributed by atoms with van der Waals surface area (Å²) in [5.74, 6) is 0.595. The predicted octanol–water partition coefficient (Wildman–Crippen LogP) is 2.50. The van der Waals surface area contributed by atoms with Crippen molar-refractivity contribution in [3.05, 3.63) is 0 Å². The van der Waals surface area contributed by atoms with Crippen molar-refractivity contribution in [2.24, 2.45) is 11.7 Å². The molecule has 4 unspecified atom stereocenters. The normalized spacial score (nSPS) is 40.9. The van der Waals surface area contributed by atoms with Crippen LogP contribution in [-0.2, 0) is 9.53 Å². The number of ether oxygens (including phenoxy) is 1. The lowest BCUT2D eigenvalue weighted by Gasteiger charge is -2.41. The Hall–Kier alpha value is -0.610. The Morgan fingerprint density at radius 2 is 1.90 bits per heavy atom. The van der Waals surface area contributed by atoms with E-state index in [-0.39, 0.29) is 12.0 Å². The summed E-state index contributed by atoms with van der Waals surface area (Å²) in [7, 11) is 0. The van der Waals surface area contributed by atoms with Gasteiger partial charge >= 0.3 is 0 Å². The second-order valence-corrected chi connectivity index (χ2v) is 7.61. The largest absolute Gasteiger partial charge is 0.375 e. The van der Waals surface area contributed by atoms with E-state index < -0.39 is 5.54 Å². The molecule has 1 amide bonds. The van der Waals surface area contributed by atoms with Crippen molar-refractivity contribution < 1.29 is 9.53 Å². The fraction of sp³-hybridized carbons (Fsp3) is 0.941. The molecule has 3 rings (SSSR count). The first-order valence-electron chi connectivity index (χ1n) is 8.80. The third kappa shape index (κ3) is 3.78. The zero-order chi connectivity index (χ0) is 14.9. The second kappa shape index (κ2) is 6.25. The Kier molecular flexibility index (Phi) is 4.55. The van der Waals surface area contributed by atoms with Gasteiger partial charge in [0.1, 0.15) is 5.54 Å². The zero-order valence-electron chi connectivity index (χ0n) is 13.3. The molecule has 3 fully saturated rings. The second-order valence-electron chi connectivity index (χ2n) is 7.61. The van der Waals surface area contributed by atoms with E-state index >= 15 is 0 Å². The highest BCUT2D eigenvalue weighted by Crippen LogP contribution is 2.36. The Morgan fingerprint density at radius 1 is 1.14 bits per heavy atom. The number of hydrogen-bond donors (Lipinski definition) is 2. The van der Waals surface area contributed by atoms with Gasteiger partial charge in [0.15, 0.2) is 0 Å². The SMILES string of the molecule is CC1CCCC(OC2CCCC(NC3CC3)(C(N)=O)C2)C1. The topological polar surface area (TPSA) is 64.3 Å². The molecular formula is C17H30N2O2. The van der Waals surface area contributed by atoms with Crippen LogP contribution in [0.5, 0.6) is 0 Å². The van der Waals surface area contributed by atoms with Crippen LogP contribution in [-0.4, -0.2) is 29.7 Å². The van der Waals surface area contributed by atoms with Crippen LogP contribution >= 0.6 is 0 Å². The number of hydrogen-bond acceptors (Lipinski definition) is 3. The van der Waals surface area contributed by atoms with Gasteiger partial charge in [0.25, 0.3) is 0 Å². The molecule has 3 aliphatic rings. The van der Waals surface area contributed by atoms with Crippen LogP contribution < -0.4 is 11.1 Å². The highest BCUT2D eigenvalue weighted by Gasteiger charge is 2.45. The number of carbonyl (C=O) groups excluding carboxylic acids is 1. The Bertz CT molecular complexity index is 383. The summed E-state index contributed by atoms with van der Waals surface area (Å²) in [4.78, 5) is 12.0. The van der Waals surface area contributed by atoms with Gasteiger partial charge < -0.3 is 15.8 Å². The van der Waals surface area contributed by atoms with E-state index in [0.717, 1.165) is 31.6 Å². The number of carbonyl (C=O) groups is 1. The summed E-state index contributed by atoms with van der Waals surface area (Å²) in [5.41, 5.74) is 5.23. The molecule has 4 heteroatoms. The van der Waals surface area contributed by atoms with Crippen molar-refractivity contribution in [3.8, 4) is 0 Å². The first-order valence-corrected chi connectivity index (χ1v) is 8.80. The Balaban J connectivity index is 1.59. The predicted molar refractivity (Wildman–Crippen MR) is 82.8 cm³/mol. The maximum atomic E-state index is 12.0. The molecule has 0 aromatic carbocycles. The lowest BCUT2D eigenvalue weighted by molar-refractivity contribution is -0.131. The maximum absolute atomic E-state index is 12.0. The molecule has 0 spiro atoms. The summed E-state index contributed by atoms with van der Waals surface area (Å²) < 4.78 is 6.36. The lowest BCUT2D eigenvalue weighted by atomic mass is 9.79. The molecule has 0 heterocycles.